The van der Waals surface area contributed by atoms with Crippen LogP contribution in [0.1, 0.15) is 19.8 Å². The summed E-state index contributed by atoms with van der Waals surface area (Å²) in [4.78, 5) is 9.96. The molecular weight excluding hydrogens is 116 g/mol. The van der Waals surface area contributed by atoms with Gasteiger partial charge in [0.25, 0.3) is 0 Å². The first-order valence-electron chi connectivity index (χ1n) is 3.32. The molecule has 1 unspecified atom stereocenters. The van der Waals surface area contributed by atoms with Gasteiger partial charge in [0.1, 0.15) is 0 Å². The Bertz CT molecular complexity index is 75.5. The van der Waals surface area contributed by atoms with Gasteiger partial charge in [0.05, 0.1) is 6.04 Å². The van der Waals surface area contributed by atoms with E-state index in [1.165, 1.54) is 0 Å². The summed E-state index contributed by atoms with van der Waals surface area (Å²) in [6.45, 7) is 2.85. The molecule has 0 spiro atoms. The van der Waals surface area contributed by atoms with Crippen molar-refractivity contribution in [1.82, 2.24) is 5.32 Å². The summed E-state index contributed by atoms with van der Waals surface area (Å²) >= 11 is 0. The Kier molecular flexibility index (Phi) is 5.41. The normalized spacial score (nSPS) is 13.1. The van der Waals surface area contributed by atoms with E-state index in [0.29, 0.717) is 0 Å². The van der Waals surface area contributed by atoms with Gasteiger partial charge in [-0.15, -0.1) is 0 Å². The molecule has 0 amide bonds. The van der Waals surface area contributed by atoms with Crippen LogP contribution >= 0.6 is 0 Å². The van der Waals surface area contributed by atoms with Crippen molar-refractivity contribution in [3.63, 3.8) is 0 Å². The third-order valence-electron chi connectivity index (χ3n) is 1.35. The van der Waals surface area contributed by atoms with Crippen LogP contribution in [0.2, 0.25) is 0 Å². The largest absolute Gasteiger partial charge is 0.320 e. The van der Waals surface area contributed by atoms with Gasteiger partial charge in [-0.05, 0) is 26.4 Å². The highest BCUT2D eigenvalue weighted by molar-refractivity contribution is 4.63. The Morgan fingerprint density at radius 3 is 2.67 bits per heavy atom. The van der Waals surface area contributed by atoms with Crippen LogP contribution < -0.4 is 5.32 Å². The van der Waals surface area contributed by atoms with E-state index in [1.807, 2.05) is 14.0 Å². The Morgan fingerprint density at radius 2 is 2.33 bits per heavy atom. The Labute approximate surface area is 55.8 Å². The molecule has 0 heterocycles. The Morgan fingerprint density at radius 1 is 1.67 bits per heavy atom. The molecule has 0 fully saturated rings. The fourth-order valence-corrected chi connectivity index (χ4v) is 0.642. The SMILES string of the molecule is CCC(CCNC)N=O. The van der Waals surface area contributed by atoms with Crippen molar-refractivity contribution in [3.05, 3.63) is 4.91 Å². The van der Waals surface area contributed by atoms with Crippen LogP contribution in [-0.2, 0) is 0 Å². The van der Waals surface area contributed by atoms with E-state index in [2.05, 4.69) is 10.5 Å². The summed E-state index contributed by atoms with van der Waals surface area (Å²) in [5, 5.41) is 5.92. The van der Waals surface area contributed by atoms with Crippen molar-refractivity contribution in [1.29, 1.82) is 0 Å². The summed E-state index contributed by atoms with van der Waals surface area (Å²) < 4.78 is 0. The smallest absolute Gasteiger partial charge is 0.0929 e. The minimum atomic E-state index is 0.0115. The lowest BCUT2D eigenvalue weighted by molar-refractivity contribution is 0.572. The number of hydrogen-bond acceptors (Lipinski definition) is 3. The van der Waals surface area contributed by atoms with Crippen molar-refractivity contribution in [2.45, 2.75) is 25.8 Å². The number of hydrogen-bond donors (Lipinski definition) is 1. The zero-order chi connectivity index (χ0) is 7.11. The van der Waals surface area contributed by atoms with Crippen molar-refractivity contribution >= 4 is 0 Å². The van der Waals surface area contributed by atoms with Gasteiger partial charge in [0.15, 0.2) is 0 Å². The lowest BCUT2D eigenvalue weighted by Gasteiger charge is -2.02. The number of rotatable bonds is 5. The summed E-state index contributed by atoms with van der Waals surface area (Å²) in [6, 6.07) is 0.0115. The van der Waals surface area contributed by atoms with Crippen molar-refractivity contribution < 1.29 is 0 Å². The minimum Gasteiger partial charge on any atom is -0.320 e. The molecule has 3 nitrogen and oxygen atoms in total. The summed E-state index contributed by atoms with van der Waals surface area (Å²) in [5.74, 6) is 0. The molecule has 3 heteroatoms. The van der Waals surface area contributed by atoms with Crippen LogP contribution in [0.5, 0.6) is 0 Å². The van der Waals surface area contributed by atoms with Crippen LogP contribution in [0, 0.1) is 4.91 Å². The molecule has 0 aromatic rings. The molecule has 0 saturated carbocycles. The highest BCUT2D eigenvalue weighted by Gasteiger charge is 2.02. The van der Waals surface area contributed by atoms with Crippen LogP contribution in [0.4, 0.5) is 0 Å². The Balaban J connectivity index is 3.20. The van der Waals surface area contributed by atoms with Crippen molar-refractivity contribution in [2.75, 3.05) is 13.6 Å². The van der Waals surface area contributed by atoms with Crippen LogP contribution in [0.15, 0.2) is 5.18 Å². The van der Waals surface area contributed by atoms with Crippen LogP contribution in [0.25, 0.3) is 0 Å². The molecule has 0 aromatic carbocycles. The standard InChI is InChI=1S/C6H14N2O/c1-3-6(8-9)4-5-7-2/h6-7H,3-5H2,1-2H3. The molecule has 0 rings (SSSR count). The van der Waals surface area contributed by atoms with Crippen molar-refractivity contribution in [2.24, 2.45) is 5.18 Å². The fourth-order valence-electron chi connectivity index (χ4n) is 0.642. The lowest BCUT2D eigenvalue weighted by Crippen LogP contribution is -2.14. The highest BCUT2D eigenvalue weighted by atomic mass is 16.3. The van der Waals surface area contributed by atoms with Crippen LogP contribution in [-0.4, -0.2) is 19.6 Å². The molecule has 0 aliphatic rings. The quantitative estimate of drug-likeness (QED) is 0.567. The van der Waals surface area contributed by atoms with Gasteiger partial charge < -0.3 is 5.32 Å². The third-order valence-corrected chi connectivity index (χ3v) is 1.35. The van der Waals surface area contributed by atoms with Gasteiger partial charge in [-0.2, -0.15) is 4.91 Å². The van der Waals surface area contributed by atoms with E-state index in [1.54, 1.807) is 0 Å². The van der Waals surface area contributed by atoms with Crippen molar-refractivity contribution in [3.8, 4) is 0 Å². The predicted octanol–water partition coefficient (Wildman–Crippen LogP) is 1.14. The highest BCUT2D eigenvalue weighted by Crippen LogP contribution is 1.99. The first-order chi connectivity index (χ1) is 4.35. The van der Waals surface area contributed by atoms with E-state index >= 15 is 0 Å². The second kappa shape index (κ2) is 5.69. The maximum atomic E-state index is 9.96. The molecule has 0 bridgehead atoms. The van der Waals surface area contributed by atoms with E-state index in [4.69, 9.17) is 0 Å². The maximum Gasteiger partial charge on any atom is 0.0929 e. The van der Waals surface area contributed by atoms with Gasteiger partial charge >= 0.3 is 0 Å². The molecule has 54 valence electrons. The lowest BCUT2D eigenvalue weighted by atomic mass is 10.2. The zero-order valence-electron chi connectivity index (χ0n) is 6.05. The molecule has 0 radical (unpaired) electrons. The molecule has 0 aliphatic carbocycles. The number of nitroso groups, excluding NO2 is 1. The number of nitrogens with one attached hydrogen (secondary N) is 1. The molecular formula is C6H14N2O. The van der Waals surface area contributed by atoms with E-state index < -0.39 is 0 Å². The average molecular weight is 130 g/mol. The molecule has 9 heavy (non-hydrogen) atoms. The number of nitrogens with zero attached hydrogens (tertiary/aromatic N) is 1. The van der Waals surface area contributed by atoms with Gasteiger partial charge in [-0.3, -0.25) is 0 Å². The summed E-state index contributed by atoms with van der Waals surface area (Å²) in [5.41, 5.74) is 0. The minimum absolute atomic E-state index is 0.0115. The summed E-state index contributed by atoms with van der Waals surface area (Å²) in [7, 11) is 1.87. The first-order valence-corrected chi connectivity index (χ1v) is 3.32. The molecule has 0 saturated heterocycles. The molecule has 1 atom stereocenters. The van der Waals surface area contributed by atoms with E-state index in [9.17, 15) is 4.91 Å². The first kappa shape index (κ1) is 8.56. The fraction of sp³-hybridized carbons (Fsp3) is 1.00. The van der Waals surface area contributed by atoms with Gasteiger partial charge in [0, 0.05) is 0 Å². The van der Waals surface area contributed by atoms with Gasteiger partial charge in [-0.25, -0.2) is 0 Å². The topological polar surface area (TPSA) is 41.5 Å². The third kappa shape index (κ3) is 4.09. The molecule has 0 aromatic heterocycles. The predicted molar refractivity (Wildman–Crippen MR) is 38.4 cm³/mol. The average Bonchev–Trinajstić information content (AvgIpc) is 1.91. The second-order valence-corrected chi connectivity index (χ2v) is 2.06. The molecule has 0 aliphatic heterocycles. The summed E-state index contributed by atoms with van der Waals surface area (Å²) in [6.07, 6.45) is 1.71. The zero-order valence-corrected chi connectivity index (χ0v) is 6.05. The van der Waals surface area contributed by atoms with Gasteiger partial charge in [-0.1, -0.05) is 12.1 Å². The monoisotopic (exact) mass is 130 g/mol. The maximum absolute atomic E-state index is 9.96. The molecule has 1 N–H and O–H groups in total. The van der Waals surface area contributed by atoms with E-state index in [-0.39, 0.29) is 6.04 Å². The second-order valence-electron chi connectivity index (χ2n) is 2.06. The van der Waals surface area contributed by atoms with E-state index in [0.717, 1.165) is 19.4 Å². The Hall–Kier alpha value is -0.440. The van der Waals surface area contributed by atoms with Gasteiger partial charge in [0.2, 0.25) is 0 Å². The van der Waals surface area contributed by atoms with Crippen LogP contribution in [0.3, 0.4) is 0 Å².